The Balaban J connectivity index is 1.49. The highest BCUT2D eigenvalue weighted by molar-refractivity contribution is 6.11. The summed E-state index contributed by atoms with van der Waals surface area (Å²) in [6.07, 6.45) is 13.9. The molecule has 6 heteroatoms. The monoisotopic (exact) mass is 436 g/mol. The molecule has 0 spiro atoms. The molecule has 1 aromatic rings. The Morgan fingerprint density at radius 1 is 1.25 bits per heavy atom. The average molecular weight is 437 g/mol. The number of H-pyrrole nitrogens is 1. The van der Waals surface area contributed by atoms with Crippen LogP contribution in [0.3, 0.4) is 0 Å². The van der Waals surface area contributed by atoms with Crippen LogP contribution in [0, 0.1) is 22.2 Å². The third-order valence-electron chi connectivity index (χ3n) is 10.2. The van der Waals surface area contributed by atoms with Crippen LogP contribution < -0.4 is 5.73 Å². The smallest absolute Gasteiger partial charge is 0.105 e. The van der Waals surface area contributed by atoms with Gasteiger partial charge in [0.15, 0.2) is 0 Å². The minimum atomic E-state index is -0.973. The van der Waals surface area contributed by atoms with Gasteiger partial charge in [-0.1, -0.05) is 39.5 Å². The molecule has 3 aliphatic carbocycles. The fourth-order valence-electron chi connectivity index (χ4n) is 7.65. The summed E-state index contributed by atoms with van der Waals surface area (Å²) in [5, 5.41) is 29.7. The molecule has 0 aromatic carbocycles. The molecule has 2 fully saturated rings. The van der Waals surface area contributed by atoms with Gasteiger partial charge >= 0.3 is 0 Å². The van der Waals surface area contributed by atoms with Gasteiger partial charge in [0.2, 0.25) is 0 Å². The molecule has 172 valence electrons. The summed E-state index contributed by atoms with van der Waals surface area (Å²) in [6, 6.07) is 0. The quantitative estimate of drug-likeness (QED) is 0.532. The maximum atomic E-state index is 12.0. The summed E-state index contributed by atoms with van der Waals surface area (Å²) in [7, 11) is 0. The topological polar surface area (TPSA) is 108 Å². The van der Waals surface area contributed by atoms with Crippen molar-refractivity contribution in [2.24, 2.45) is 32.9 Å². The lowest BCUT2D eigenvalue weighted by Gasteiger charge is -2.56. The summed E-state index contributed by atoms with van der Waals surface area (Å²) < 4.78 is 0. The molecule has 6 nitrogen and oxygen atoms in total. The van der Waals surface area contributed by atoms with Crippen molar-refractivity contribution in [2.75, 3.05) is 6.61 Å². The third-order valence-corrected chi connectivity index (χ3v) is 10.2. The molecule has 2 heterocycles. The van der Waals surface area contributed by atoms with Crippen molar-refractivity contribution in [1.29, 1.82) is 0 Å². The first-order valence-corrected chi connectivity index (χ1v) is 11.8. The Kier molecular flexibility index (Phi) is 4.51. The van der Waals surface area contributed by atoms with E-state index in [-0.39, 0.29) is 34.3 Å². The van der Waals surface area contributed by atoms with Crippen molar-refractivity contribution in [2.45, 2.75) is 70.4 Å². The fourth-order valence-corrected chi connectivity index (χ4v) is 7.65. The molecule has 2 unspecified atom stereocenters. The number of nitrogens with zero attached hydrogens (tertiary/aromatic N) is 2. The molecule has 5 N–H and O–H groups in total. The van der Waals surface area contributed by atoms with Crippen LogP contribution in [0.1, 0.15) is 57.7 Å². The van der Waals surface area contributed by atoms with Gasteiger partial charge in [-0.15, -0.1) is 0 Å². The number of aliphatic hydroxyl groups excluding tert-OH is 1. The Morgan fingerprint density at radius 3 is 2.75 bits per heavy atom. The first-order valence-electron chi connectivity index (χ1n) is 11.8. The molecular formula is C26H36N4O2. The van der Waals surface area contributed by atoms with Crippen LogP contribution in [0.4, 0.5) is 0 Å². The van der Waals surface area contributed by atoms with E-state index in [2.05, 4.69) is 37.5 Å². The van der Waals surface area contributed by atoms with Crippen molar-refractivity contribution < 1.29 is 10.2 Å². The van der Waals surface area contributed by atoms with Crippen LogP contribution in [0.15, 0.2) is 47.8 Å². The molecule has 4 aliphatic rings. The van der Waals surface area contributed by atoms with Crippen LogP contribution in [0.2, 0.25) is 0 Å². The van der Waals surface area contributed by atoms with Crippen LogP contribution in [-0.2, 0) is 12.8 Å². The highest BCUT2D eigenvalue weighted by Crippen LogP contribution is 2.74. The second-order valence-electron chi connectivity index (χ2n) is 11.2. The third kappa shape index (κ3) is 2.37. The standard InChI is InChI=1S/C26H36N4O2/c1-17(7-5-6-12-27)26(32)11-8-22(2)21-25(29-21,10-9-24(22,26)4)23(3)14-18-15-28-30-20(18)13-19(23)16-31/h5-7,12,15,19,31-32H,1,8-11,13-14,16,27H2,2-4H3,(H,28,30)/b7-5-,12-6-/t19-,22?,23?,24+,25-,26-/m1/s1. The lowest BCUT2D eigenvalue weighted by Crippen LogP contribution is -2.61. The number of nitrogens with two attached hydrogens (primary N) is 1. The van der Waals surface area contributed by atoms with Gasteiger partial charge < -0.3 is 15.9 Å². The van der Waals surface area contributed by atoms with E-state index in [9.17, 15) is 10.2 Å². The first kappa shape index (κ1) is 21.7. The van der Waals surface area contributed by atoms with Gasteiger partial charge in [0.25, 0.3) is 0 Å². The van der Waals surface area contributed by atoms with Crippen LogP contribution >= 0.6 is 0 Å². The Bertz CT molecular complexity index is 1060. The molecular weight excluding hydrogens is 400 g/mol. The SMILES string of the molecule is C=C(/C=C\C=C/N)[C@]1(O)CCC2(C)C3=N[C@]3(C3(C)Cc4cn[nH]c4C[C@@H]3CO)CC[C@@]21C. The van der Waals surface area contributed by atoms with Crippen LogP contribution in [-0.4, -0.2) is 43.9 Å². The number of aliphatic hydroxyl groups is 2. The Hall–Kier alpha value is -2.18. The molecule has 0 amide bonds. The van der Waals surface area contributed by atoms with Gasteiger partial charge in [-0.25, -0.2) is 0 Å². The zero-order chi connectivity index (χ0) is 23.0. The van der Waals surface area contributed by atoms with Crippen molar-refractivity contribution in [3.8, 4) is 0 Å². The minimum Gasteiger partial charge on any atom is -0.405 e. The Morgan fingerprint density at radius 2 is 2.03 bits per heavy atom. The van der Waals surface area contributed by atoms with Gasteiger partial charge in [0.1, 0.15) is 5.54 Å². The minimum absolute atomic E-state index is 0.130. The average Bonchev–Trinajstić information content (AvgIpc) is 3.33. The highest BCUT2D eigenvalue weighted by atomic mass is 16.3. The highest BCUT2D eigenvalue weighted by Gasteiger charge is 2.77. The first-order chi connectivity index (χ1) is 15.1. The van der Waals surface area contributed by atoms with Crippen molar-refractivity contribution in [1.82, 2.24) is 10.2 Å². The second-order valence-corrected chi connectivity index (χ2v) is 11.2. The van der Waals surface area contributed by atoms with E-state index in [1.54, 1.807) is 6.08 Å². The number of hydrogen-bond donors (Lipinski definition) is 4. The van der Waals surface area contributed by atoms with Crippen LogP contribution in [0.25, 0.3) is 0 Å². The van der Waals surface area contributed by atoms with E-state index in [1.165, 1.54) is 17.5 Å². The van der Waals surface area contributed by atoms with Gasteiger partial charge in [-0.3, -0.25) is 10.1 Å². The molecule has 6 atom stereocenters. The van der Waals surface area contributed by atoms with Crippen molar-refractivity contribution in [3.05, 3.63) is 54.0 Å². The summed E-state index contributed by atoms with van der Waals surface area (Å²) in [4.78, 5) is 5.29. The fraction of sp³-hybridized carbons (Fsp3) is 0.615. The number of fused-ring (bicyclic) bond motifs is 4. The number of aromatic amines is 1. The predicted molar refractivity (Wildman–Crippen MR) is 126 cm³/mol. The molecule has 1 aliphatic heterocycles. The molecule has 5 rings (SSSR count). The number of aromatic nitrogens is 2. The van der Waals surface area contributed by atoms with Crippen molar-refractivity contribution in [3.63, 3.8) is 0 Å². The van der Waals surface area contributed by atoms with E-state index in [1.807, 2.05) is 18.3 Å². The van der Waals surface area contributed by atoms with Crippen LogP contribution in [0.5, 0.6) is 0 Å². The lowest BCUT2D eigenvalue weighted by molar-refractivity contribution is -0.0664. The van der Waals surface area contributed by atoms with Gasteiger partial charge in [0.05, 0.1) is 11.8 Å². The summed E-state index contributed by atoms with van der Waals surface area (Å²) in [6.45, 7) is 11.2. The number of rotatable bonds is 5. The molecule has 1 aromatic heterocycles. The summed E-state index contributed by atoms with van der Waals surface area (Å²) in [5.41, 5.74) is 7.97. The summed E-state index contributed by atoms with van der Waals surface area (Å²) >= 11 is 0. The largest absolute Gasteiger partial charge is 0.405 e. The van der Waals surface area contributed by atoms with Gasteiger partial charge in [-0.2, -0.15) is 5.10 Å². The zero-order valence-corrected chi connectivity index (χ0v) is 19.5. The Labute approximate surface area is 190 Å². The van der Waals surface area contributed by atoms with E-state index >= 15 is 0 Å². The molecule has 2 saturated carbocycles. The normalized spacial score (nSPS) is 44.9. The zero-order valence-electron chi connectivity index (χ0n) is 19.5. The molecule has 0 radical (unpaired) electrons. The van der Waals surface area contributed by atoms with E-state index in [0.717, 1.165) is 43.4 Å². The molecule has 32 heavy (non-hydrogen) atoms. The molecule has 0 saturated heterocycles. The maximum absolute atomic E-state index is 12.0. The number of hydrogen-bond acceptors (Lipinski definition) is 5. The second kappa shape index (κ2) is 6.67. The van der Waals surface area contributed by atoms with E-state index in [0.29, 0.717) is 6.42 Å². The number of aliphatic imine (C=N–C) groups is 1. The number of allylic oxidation sites excluding steroid dienone is 2. The summed E-state index contributed by atoms with van der Waals surface area (Å²) in [5.74, 6) is 0.130. The lowest BCUT2D eigenvalue weighted by atomic mass is 9.47. The maximum Gasteiger partial charge on any atom is 0.105 e. The predicted octanol–water partition coefficient (Wildman–Crippen LogP) is 3.23. The van der Waals surface area contributed by atoms with Crippen molar-refractivity contribution >= 4 is 5.71 Å². The molecule has 0 bridgehead atoms. The van der Waals surface area contributed by atoms with E-state index < -0.39 is 5.60 Å². The van der Waals surface area contributed by atoms with E-state index in [4.69, 9.17) is 10.7 Å². The van der Waals surface area contributed by atoms with Gasteiger partial charge in [0, 0.05) is 34.3 Å². The van der Waals surface area contributed by atoms with Gasteiger partial charge in [-0.05, 0) is 67.9 Å². The number of nitrogens with one attached hydrogen (secondary N) is 1.